The van der Waals surface area contributed by atoms with E-state index in [1.807, 2.05) is 11.4 Å². The lowest BCUT2D eigenvalue weighted by molar-refractivity contribution is 0.0958. The highest BCUT2D eigenvalue weighted by molar-refractivity contribution is 7.12. The van der Waals surface area contributed by atoms with Gasteiger partial charge in [0.05, 0.1) is 26.2 Å². The van der Waals surface area contributed by atoms with Crippen molar-refractivity contribution in [2.75, 3.05) is 27.9 Å². The van der Waals surface area contributed by atoms with E-state index in [0.29, 0.717) is 35.1 Å². The molecule has 0 atom stereocenters. The Morgan fingerprint density at radius 2 is 1.82 bits per heavy atom. The molecule has 0 fully saturated rings. The van der Waals surface area contributed by atoms with Crippen LogP contribution in [0.1, 0.15) is 15.2 Å². The summed E-state index contributed by atoms with van der Waals surface area (Å²) < 4.78 is 16.0. The summed E-state index contributed by atoms with van der Waals surface area (Å²) in [5.41, 5.74) is 0.900. The first-order valence-corrected chi connectivity index (χ1v) is 7.68. The molecule has 5 nitrogen and oxygen atoms in total. The summed E-state index contributed by atoms with van der Waals surface area (Å²) >= 11 is 1.42. The molecule has 6 heteroatoms. The molecular weight excluding hydrogens is 302 g/mol. The van der Waals surface area contributed by atoms with Gasteiger partial charge in [0.15, 0.2) is 0 Å². The van der Waals surface area contributed by atoms with Crippen LogP contribution in [0.3, 0.4) is 0 Å². The van der Waals surface area contributed by atoms with Crippen molar-refractivity contribution in [2.45, 2.75) is 6.42 Å². The van der Waals surface area contributed by atoms with Gasteiger partial charge in [0.1, 0.15) is 17.2 Å². The van der Waals surface area contributed by atoms with E-state index in [2.05, 4.69) is 5.32 Å². The van der Waals surface area contributed by atoms with Crippen LogP contribution in [0.5, 0.6) is 17.2 Å². The van der Waals surface area contributed by atoms with Crippen LogP contribution in [0, 0.1) is 0 Å². The Bertz CT molecular complexity index is 600. The number of carbonyl (C=O) groups is 1. The second-order valence-electron chi connectivity index (χ2n) is 4.49. The maximum atomic E-state index is 11.9. The summed E-state index contributed by atoms with van der Waals surface area (Å²) in [6, 6.07) is 7.27. The number of benzene rings is 1. The van der Waals surface area contributed by atoms with Crippen molar-refractivity contribution in [3.8, 4) is 17.2 Å². The first kappa shape index (κ1) is 16.2. The first-order chi connectivity index (χ1) is 10.7. The Balaban J connectivity index is 2.07. The molecule has 1 aromatic carbocycles. The van der Waals surface area contributed by atoms with E-state index in [0.717, 1.165) is 5.56 Å². The minimum absolute atomic E-state index is 0.0681. The molecule has 0 radical (unpaired) electrons. The molecule has 1 N–H and O–H groups in total. The fourth-order valence-corrected chi connectivity index (χ4v) is 2.76. The third kappa shape index (κ3) is 3.71. The number of ether oxygens (including phenoxy) is 3. The highest BCUT2D eigenvalue weighted by atomic mass is 32.1. The first-order valence-electron chi connectivity index (χ1n) is 6.80. The standard InChI is InChI=1S/C16H19NO4S/c1-19-11-9-13(20-2)12(14(10-11)21-3)6-7-17-16(18)15-5-4-8-22-15/h4-5,8-10H,6-7H2,1-3H3,(H,17,18). The van der Waals surface area contributed by atoms with Crippen LogP contribution in [0.25, 0.3) is 0 Å². The largest absolute Gasteiger partial charge is 0.496 e. The predicted octanol–water partition coefficient (Wildman–Crippen LogP) is 2.75. The fourth-order valence-electron chi connectivity index (χ4n) is 2.12. The lowest BCUT2D eigenvalue weighted by Gasteiger charge is -2.15. The molecule has 0 aliphatic rings. The Hall–Kier alpha value is -2.21. The summed E-state index contributed by atoms with van der Waals surface area (Å²) in [6.07, 6.45) is 0.605. The third-order valence-electron chi connectivity index (χ3n) is 3.22. The van der Waals surface area contributed by atoms with Crippen LogP contribution < -0.4 is 19.5 Å². The normalized spacial score (nSPS) is 10.1. The Morgan fingerprint density at radius 1 is 1.14 bits per heavy atom. The number of hydrogen-bond donors (Lipinski definition) is 1. The highest BCUT2D eigenvalue weighted by Crippen LogP contribution is 2.34. The van der Waals surface area contributed by atoms with E-state index < -0.39 is 0 Å². The van der Waals surface area contributed by atoms with Crippen LogP contribution in [-0.4, -0.2) is 33.8 Å². The van der Waals surface area contributed by atoms with Crippen molar-refractivity contribution in [3.63, 3.8) is 0 Å². The van der Waals surface area contributed by atoms with Crippen molar-refractivity contribution in [2.24, 2.45) is 0 Å². The zero-order valence-electron chi connectivity index (χ0n) is 12.8. The van der Waals surface area contributed by atoms with Crippen LogP contribution in [0.2, 0.25) is 0 Å². The number of amides is 1. The molecule has 1 heterocycles. The smallest absolute Gasteiger partial charge is 0.261 e. The van der Waals surface area contributed by atoms with E-state index in [-0.39, 0.29) is 5.91 Å². The maximum absolute atomic E-state index is 11.9. The van der Waals surface area contributed by atoms with Gasteiger partial charge in [0, 0.05) is 24.2 Å². The van der Waals surface area contributed by atoms with Gasteiger partial charge in [-0.2, -0.15) is 0 Å². The molecule has 0 bridgehead atoms. The lowest BCUT2D eigenvalue weighted by Crippen LogP contribution is -2.25. The summed E-state index contributed by atoms with van der Waals surface area (Å²) in [5, 5.41) is 4.77. The monoisotopic (exact) mass is 321 g/mol. The zero-order chi connectivity index (χ0) is 15.9. The second-order valence-corrected chi connectivity index (χ2v) is 5.44. The zero-order valence-corrected chi connectivity index (χ0v) is 13.7. The van der Waals surface area contributed by atoms with Crippen molar-refractivity contribution < 1.29 is 19.0 Å². The Labute approximate surface area is 133 Å². The second kappa shape index (κ2) is 7.70. The molecule has 1 amide bonds. The van der Waals surface area contributed by atoms with Crippen molar-refractivity contribution in [1.29, 1.82) is 0 Å². The van der Waals surface area contributed by atoms with Crippen LogP contribution in [-0.2, 0) is 6.42 Å². The van der Waals surface area contributed by atoms with E-state index in [1.165, 1.54) is 11.3 Å². The molecule has 1 aromatic heterocycles. The van der Waals surface area contributed by atoms with Crippen LogP contribution >= 0.6 is 11.3 Å². The molecule has 0 saturated carbocycles. The topological polar surface area (TPSA) is 56.8 Å². The van der Waals surface area contributed by atoms with Crippen LogP contribution in [0.4, 0.5) is 0 Å². The van der Waals surface area contributed by atoms with Gasteiger partial charge in [-0.05, 0) is 17.9 Å². The van der Waals surface area contributed by atoms with Gasteiger partial charge >= 0.3 is 0 Å². The summed E-state index contributed by atoms with van der Waals surface area (Å²) in [5.74, 6) is 1.96. The van der Waals surface area contributed by atoms with Crippen molar-refractivity contribution in [3.05, 3.63) is 40.1 Å². The number of methoxy groups -OCH3 is 3. The van der Waals surface area contributed by atoms with Gasteiger partial charge in [0.25, 0.3) is 5.91 Å². The SMILES string of the molecule is COc1cc(OC)c(CCNC(=O)c2cccs2)c(OC)c1. The molecule has 22 heavy (non-hydrogen) atoms. The Kier molecular flexibility index (Phi) is 5.66. The predicted molar refractivity (Wildman–Crippen MR) is 86.5 cm³/mol. The quantitative estimate of drug-likeness (QED) is 0.852. The minimum atomic E-state index is -0.0681. The minimum Gasteiger partial charge on any atom is -0.496 e. The number of nitrogens with one attached hydrogen (secondary N) is 1. The van der Waals surface area contributed by atoms with E-state index in [4.69, 9.17) is 14.2 Å². The molecule has 0 spiro atoms. The summed E-state index contributed by atoms with van der Waals surface area (Å²) in [6.45, 7) is 0.496. The van der Waals surface area contributed by atoms with Gasteiger partial charge in [-0.3, -0.25) is 4.79 Å². The highest BCUT2D eigenvalue weighted by Gasteiger charge is 2.14. The number of hydrogen-bond acceptors (Lipinski definition) is 5. The van der Waals surface area contributed by atoms with E-state index in [1.54, 1.807) is 39.5 Å². The molecule has 2 rings (SSSR count). The van der Waals surface area contributed by atoms with Gasteiger partial charge in [-0.25, -0.2) is 0 Å². The number of rotatable bonds is 7. The van der Waals surface area contributed by atoms with Crippen molar-refractivity contribution >= 4 is 17.2 Å². The van der Waals surface area contributed by atoms with Gasteiger partial charge in [-0.15, -0.1) is 11.3 Å². The average molecular weight is 321 g/mol. The molecule has 0 unspecified atom stereocenters. The third-order valence-corrected chi connectivity index (χ3v) is 4.09. The Morgan fingerprint density at radius 3 is 2.32 bits per heavy atom. The van der Waals surface area contributed by atoms with E-state index >= 15 is 0 Å². The van der Waals surface area contributed by atoms with Gasteiger partial charge in [-0.1, -0.05) is 6.07 Å². The van der Waals surface area contributed by atoms with Crippen LogP contribution in [0.15, 0.2) is 29.6 Å². The summed E-state index contributed by atoms with van der Waals surface area (Å²) in [7, 11) is 4.79. The molecule has 2 aromatic rings. The molecule has 0 saturated heterocycles. The lowest BCUT2D eigenvalue weighted by atomic mass is 10.1. The number of carbonyl (C=O) groups excluding carboxylic acids is 1. The van der Waals surface area contributed by atoms with E-state index in [9.17, 15) is 4.79 Å². The fraction of sp³-hybridized carbons (Fsp3) is 0.312. The van der Waals surface area contributed by atoms with Crippen molar-refractivity contribution in [1.82, 2.24) is 5.32 Å². The molecular formula is C16H19NO4S. The number of thiophene rings is 1. The van der Waals surface area contributed by atoms with Gasteiger partial charge in [0.2, 0.25) is 0 Å². The molecule has 0 aliphatic carbocycles. The molecule has 118 valence electrons. The average Bonchev–Trinajstić information content (AvgIpc) is 3.09. The maximum Gasteiger partial charge on any atom is 0.261 e. The molecule has 0 aliphatic heterocycles. The summed E-state index contributed by atoms with van der Waals surface area (Å²) in [4.78, 5) is 12.6. The van der Waals surface area contributed by atoms with Gasteiger partial charge < -0.3 is 19.5 Å².